The third-order valence-electron chi connectivity index (χ3n) is 3.20. The summed E-state index contributed by atoms with van der Waals surface area (Å²) in [6.45, 7) is 3.83. The molecule has 4 nitrogen and oxygen atoms in total. The molecule has 0 atom stereocenters. The number of nitrogens with two attached hydrogens (primary N) is 1. The van der Waals surface area contributed by atoms with Gasteiger partial charge in [0.15, 0.2) is 5.96 Å². The number of rotatable bonds is 0. The maximum Gasteiger partial charge on any atom is 0.194 e. The van der Waals surface area contributed by atoms with E-state index in [1.807, 2.05) is 6.07 Å². The van der Waals surface area contributed by atoms with Crippen LogP contribution in [0.4, 0.5) is 5.69 Å². The lowest BCUT2D eigenvalue weighted by Gasteiger charge is -2.30. The maximum atomic E-state index is 5.82. The Morgan fingerprint density at radius 3 is 3.06 bits per heavy atom. The summed E-state index contributed by atoms with van der Waals surface area (Å²) in [6.07, 6.45) is 1.08. The minimum atomic E-state index is 0.849. The first-order valence-corrected chi connectivity index (χ1v) is 5.73. The SMILES string of the molecule is Nc1ccc2c(c1)CN(C1=NCCN1)CC2. The van der Waals surface area contributed by atoms with Crippen molar-refractivity contribution in [3.8, 4) is 0 Å². The zero-order chi connectivity index (χ0) is 11.0. The Morgan fingerprint density at radius 2 is 2.25 bits per heavy atom. The van der Waals surface area contributed by atoms with E-state index in [2.05, 4.69) is 27.3 Å². The molecular weight excluding hydrogens is 200 g/mol. The lowest BCUT2D eigenvalue weighted by Crippen LogP contribution is -2.41. The Labute approximate surface area is 95.2 Å². The fourth-order valence-electron chi connectivity index (χ4n) is 2.36. The summed E-state index contributed by atoms with van der Waals surface area (Å²) in [7, 11) is 0. The highest BCUT2D eigenvalue weighted by Crippen LogP contribution is 2.21. The molecule has 16 heavy (non-hydrogen) atoms. The number of nitrogens with one attached hydrogen (secondary N) is 1. The largest absolute Gasteiger partial charge is 0.399 e. The molecule has 1 aromatic carbocycles. The smallest absolute Gasteiger partial charge is 0.194 e. The lowest BCUT2D eigenvalue weighted by atomic mass is 9.99. The first-order valence-electron chi connectivity index (χ1n) is 5.73. The van der Waals surface area contributed by atoms with Gasteiger partial charge in [-0.25, -0.2) is 0 Å². The van der Waals surface area contributed by atoms with E-state index >= 15 is 0 Å². The Morgan fingerprint density at radius 1 is 1.31 bits per heavy atom. The molecule has 3 N–H and O–H groups in total. The number of benzene rings is 1. The van der Waals surface area contributed by atoms with Crippen molar-refractivity contribution < 1.29 is 0 Å². The molecule has 0 saturated carbocycles. The quantitative estimate of drug-likeness (QED) is 0.624. The van der Waals surface area contributed by atoms with Gasteiger partial charge >= 0.3 is 0 Å². The van der Waals surface area contributed by atoms with Crippen LogP contribution in [0.3, 0.4) is 0 Å². The Hall–Kier alpha value is -1.71. The molecule has 84 valence electrons. The second kappa shape index (κ2) is 3.70. The highest BCUT2D eigenvalue weighted by Gasteiger charge is 2.20. The van der Waals surface area contributed by atoms with Gasteiger partial charge in [-0.15, -0.1) is 0 Å². The fourth-order valence-corrected chi connectivity index (χ4v) is 2.36. The van der Waals surface area contributed by atoms with E-state index in [1.54, 1.807) is 0 Å². The summed E-state index contributed by atoms with van der Waals surface area (Å²) in [5.74, 6) is 1.05. The van der Waals surface area contributed by atoms with Gasteiger partial charge in [0.1, 0.15) is 0 Å². The average Bonchev–Trinajstić information content (AvgIpc) is 2.81. The highest BCUT2D eigenvalue weighted by atomic mass is 15.3. The minimum Gasteiger partial charge on any atom is -0.399 e. The third kappa shape index (κ3) is 1.60. The lowest BCUT2D eigenvalue weighted by molar-refractivity contribution is 0.384. The number of hydrogen-bond acceptors (Lipinski definition) is 4. The topological polar surface area (TPSA) is 53.6 Å². The van der Waals surface area contributed by atoms with Gasteiger partial charge in [0.25, 0.3) is 0 Å². The van der Waals surface area contributed by atoms with Crippen molar-refractivity contribution in [1.82, 2.24) is 10.2 Å². The summed E-state index contributed by atoms with van der Waals surface area (Å²) in [4.78, 5) is 6.76. The van der Waals surface area contributed by atoms with Crippen LogP contribution in [-0.2, 0) is 13.0 Å². The van der Waals surface area contributed by atoms with Gasteiger partial charge in [-0.05, 0) is 29.7 Å². The predicted octanol–water partition coefficient (Wildman–Crippen LogP) is 0.586. The highest BCUT2D eigenvalue weighted by molar-refractivity contribution is 5.81. The van der Waals surface area contributed by atoms with Crippen molar-refractivity contribution in [3.63, 3.8) is 0 Å². The summed E-state index contributed by atoms with van der Waals surface area (Å²) in [5.41, 5.74) is 9.42. The van der Waals surface area contributed by atoms with Crippen LogP contribution < -0.4 is 11.1 Å². The Balaban J connectivity index is 1.85. The summed E-state index contributed by atoms with van der Waals surface area (Å²) < 4.78 is 0. The molecule has 2 aliphatic rings. The van der Waals surface area contributed by atoms with Crippen molar-refractivity contribution in [1.29, 1.82) is 0 Å². The molecule has 2 heterocycles. The van der Waals surface area contributed by atoms with E-state index in [9.17, 15) is 0 Å². The molecule has 0 aromatic heterocycles. The van der Waals surface area contributed by atoms with Crippen LogP contribution in [0.5, 0.6) is 0 Å². The van der Waals surface area contributed by atoms with Gasteiger partial charge < -0.3 is 16.0 Å². The van der Waals surface area contributed by atoms with Crippen molar-refractivity contribution in [2.45, 2.75) is 13.0 Å². The van der Waals surface area contributed by atoms with Crippen LogP contribution in [0.25, 0.3) is 0 Å². The van der Waals surface area contributed by atoms with Gasteiger partial charge in [0.2, 0.25) is 0 Å². The first-order chi connectivity index (χ1) is 7.83. The van der Waals surface area contributed by atoms with Crippen molar-refractivity contribution in [2.75, 3.05) is 25.4 Å². The average molecular weight is 216 g/mol. The third-order valence-corrected chi connectivity index (χ3v) is 3.20. The molecule has 0 radical (unpaired) electrons. The molecular formula is C12H16N4. The normalized spacial score (nSPS) is 19.0. The number of nitrogen functional groups attached to an aromatic ring is 1. The molecule has 1 aromatic rings. The number of nitrogens with zero attached hydrogens (tertiary/aromatic N) is 2. The second-order valence-corrected chi connectivity index (χ2v) is 4.33. The number of anilines is 1. The van der Waals surface area contributed by atoms with Crippen LogP contribution in [0.15, 0.2) is 23.2 Å². The molecule has 3 rings (SSSR count). The van der Waals surface area contributed by atoms with E-state index in [1.165, 1.54) is 11.1 Å². The summed E-state index contributed by atoms with van der Waals surface area (Å²) >= 11 is 0. The molecule has 0 aliphatic carbocycles. The van der Waals surface area contributed by atoms with Crippen molar-refractivity contribution in [3.05, 3.63) is 29.3 Å². The van der Waals surface area contributed by atoms with Crippen LogP contribution in [0.2, 0.25) is 0 Å². The molecule has 4 heteroatoms. The van der Waals surface area contributed by atoms with Gasteiger partial charge in [-0.1, -0.05) is 6.07 Å². The molecule has 2 aliphatic heterocycles. The Bertz CT molecular complexity index is 439. The molecule has 0 bridgehead atoms. The van der Waals surface area contributed by atoms with E-state index < -0.39 is 0 Å². The van der Waals surface area contributed by atoms with Gasteiger partial charge in [0, 0.05) is 25.3 Å². The minimum absolute atomic E-state index is 0.849. The fraction of sp³-hybridized carbons (Fsp3) is 0.417. The zero-order valence-electron chi connectivity index (χ0n) is 9.24. The maximum absolute atomic E-state index is 5.82. The van der Waals surface area contributed by atoms with Crippen LogP contribution in [0, 0.1) is 0 Å². The van der Waals surface area contributed by atoms with Gasteiger partial charge in [0.05, 0.1) is 6.54 Å². The van der Waals surface area contributed by atoms with E-state index in [-0.39, 0.29) is 0 Å². The van der Waals surface area contributed by atoms with Gasteiger partial charge in [-0.3, -0.25) is 4.99 Å². The number of hydrogen-bond donors (Lipinski definition) is 2. The summed E-state index contributed by atoms with van der Waals surface area (Å²) in [6, 6.07) is 6.21. The van der Waals surface area contributed by atoms with Crippen molar-refractivity contribution >= 4 is 11.6 Å². The number of guanidine groups is 1. The van der Waals surface area contributed by atoms with E-state index in [0.717, 1.165) is 44.2 Å². The van der Waals surface area contributed by atoms with Crippen LogP contribution in [0.1, 0.15) is 11.1 Å². The van der Waals surface area contributed by atoms with Gasteiger partial charge in [-0.2, -0.15) is 0 Å². The standard InChI is InChI=1S/C12H16N4/c13-11-2-1-9-3-6-16(8-10(9)7-11)12-14-4-5-15-12/h1-2,7H,3-6,8,13H2,(H,14,15). The molecule has 0 saturated heterocycles. The van der Waals surface area contributed by atoms with Crippen LogP contribution in [-0.4, -0.2) is 30.5 Å². The van der Waals surface area contributed by atoms with Crippen molar-refractivity contribution in [2.24, 2.45) is 4.99 Å². The number of aliphatic imine (C=N–C) groups is 1. The Kier molecular flexibility index (Phi) is 2.20. The molecule has 0 amide bonds. The molecule has 0 spiro atoms. The predicted molar refractivity (Wildman–Crippen MR) is 65.3 cm³/mol. The van der Waals surface area contributed by atoms with E-state index in [4.69, 9.17) is 5.73 Å². The molecule has 0 fully saturated rings. The van der Waals surface area contributed by atoms with Crippen LogP contribution >= 0.6 is 0 Å². The molecule has 0 unspecified atom stereocenters. The number of fused-ring (bicyclic) bond motifs is 1. The first kappa shape index (κ1) is 9.51. The van der Waals surface area contributed by atoms with E-state index in [0.29, 0.717) is 0 Å². The zero-order valence-corrected chi connectivity index (χ0v) is 9.24. The second-order valence-electron chi connectivity index (χ2n) is 4.33. The summed E-state index contributed by atoms with van der Waals surface area (Å²) in [5, 5.41) is 3.32. The monoisotopic (exact) mass is 216 g/mol.